The number of ether oxygens (including phenoxy) is 1. The number of rotatable bonds is 8. The number of anilines is 1. The van der Waals surface area contributed by atoms with Gasteiger partial charge in [-0.2, -0.15) is 4.99 Å². The highest BCUT2D eigenvalue weighted by molar-refractivity contribution is 7.92. The Labute approximate surface area is 225 Å². The van der Waals surface area contributed by atoms with Gasteiger partial charge in [-0.05, 0) is 67.8 Å². The number of fused-ring (bicyclic) bond motifs is 1. The maximum absolute atomic E-state index is 13.2. The highest BCUT2D eigenvalue weighted by Crippen LogP contribution is 2.24. The van der Waals surface area contributed by atoms with Crippen LogP contribution in [0.3, 0.4) is 0 Å². The van der Waals surface area contributed by atoms with Crippen LogP contribution in [0.2, 0.25) is 0 Å². The number of sulfonamides is 1. The Bertz CT molecular complexity index is 1670. The highest BCUT2D eigenvalue weighted by Gasteiger charge is 2.17. The van der Waals surface area contributed by atoms with Gasteiger partial charge in [0.25, 0.3) is 15.9 Å². The number of hydrogen-bond acceptors (Lipinski definition) is 6. The maximum atomic E-state index is 13.2. The van der Waals surface area contributed by atoms with E-state index in [1.807, 2.05) is 25.1 Å². The summed E-state index contributed by atoms with van der Waals surface area (Å²) in [5.74, 6) is -0.676. The van der Waals surface area contributed by atoms with Crippen LogP contribution in [0.5, 0.6) is 0 Å². The molecule has 1 amide bonds. The van der Waals surface area contributed by atoms with E-state index in [4.69, 9.17) is 4.74 Å². The van der Waals surface area contributed by atoms with Crippen molar-refractivity contribution in [2.45, 2.75) is 45.1 Å². The summed E-state index contributed by atoms with van der Waals surface area (Å²) < 4.78 is 35.8. The van der Waals surface area contributed by atoms with Gasteiger partial charge in [0.15, 0.2) is 4.80 Å². The number of carbonyl (C=O) groups is 2. The Morgan fingerprint density at radius 2 is 1.79 bits per heavy atom. The number of amides is 1. The molecule has 4 aromatic rings. The topological polar surface area (TPSA) is 107 Å². The normalized spacial score (nSPS) is 12.2. The van der Waals surface area contributed by atoms with Crippen LogP contribution in [0.15, 0.2) is 76.6 Å². The summed E-state index contributed by atoms with van der Waals surface area (Å²) in [5.41, 5.74) is 3.30. The quantitative estimate of drug-likeness (QED) is 0.302. The van der Waals surface area contributed by atoms with Crippen LogP contribution >= 0.6 is 11.3 Å². The van der Waals surface area contributed by atoms with Gasteiger partial charge in [0, 0.05) is 11.3 Å². The lowest BCUT2D eigenvalue weighted by Crippen LogP contribution is -2.23. The number of aryl methyl sites for hydroxylation is 1. The third-order valence-corrected chi connectivity index (χ3v) is 8.29. The fraction of sp³-hybridized carbons (Fsp3) is 0.250. The minimum atomic E-state index is -3.83. The molecular weight excluding hydrogens is 522 g/mol. The first-order valence-corrected chi connectivity index (χ1v) is 14.4. The highest BCUT2D eigenvalue weighted by atomic mass is 32.2. The van der Waals surface area contributed by atoms with Gasteiger partial charge in [0.1, 0.15) is 6.54 Å². The molecular formula is C28H29N3O5S2. The molecule has 1 N–H and O–H groups in total. The third-order valence-electron chi connectivity index (χ3n) is 5.86. The molecule has 0 bridgehead atoms. The summed E-state index contributed by atoms with van der Waals surface area (Å²) in [5, 5.41) is 0. The second kappa shape index (κ2) is 11.3. The largest absolute Gasteiger partial charge is 0.465 e. The van der Waals surface area contributed by atoms with Gasteiger partial charge in [-0.15, -0.1) is 0 Å². The molecule has 1 aromatic heterocycles. The van der Waals surface area contributed by atoms with Crippen molar-refractivity contribution in [3.8, 4) is 0 Å². The fourth-order valence-electron chi connectivity index (χ4n) is 3.82. The molecule has 0 fully saturated rings. The van der Waals surface area contributed by atoms with E-state index in [9.17, 15) is 18.0 Å². The van der Waals surface area contributed by atoms with E-state index in [1.165, 1.54) is 29.5 Å². The van der Waals surface area contributed by atoms with E-state index in [2.05, 4.69) is 23.6 Å². The summed E-state index contributed by atoms with van der Waals surface area (Å²) >= 11 is 1.31. The molecule has 10 heteroatoms. The number of benzene rings is 3. The van der Waals surface area contributed by atoms with Crippen LogP contribution in [-0.2, 0) is 26.1 Å². The van der Waals surface area contributed by atoms with Gasteiger partial charge in [-0.3, -0.25) is 14.3 Å². The zero-order valence-electron chi connectivity index (χ0n) is 21.6. The molecule has 0 spiro atoms. The number of nitrogens with zero attached hydrogens (tertiary/aromatic N) is 2. The standard InChI is InChI=1S/C28H29N3O5S2/c1-5-36-26(32)17-31-24-14-11-20(18(2)3)16-25(24)37-28(31)29-27(33)21-7-6-8-22(15-21)30-38(34,35)23-12-9-19(4)10-13-23/h6-16,18,30H,5,17H2,1-4H3. The Hall–Kier alpha value is -3.76. The lowest BCUT2D eigenvalue weighted by atomic mass is 10.0. The SMILES string of the molecule is CCOC(=O)Cn1c(=NC(=O)c2cccc(NS(=O)(=O)c3ccc(C)cc3)c2)sc2cc(C(C)C)ccc21. The van der Waals surface area contributed by atoms with Gasteiger partial charge in [0.05, 0.1) is 21.7 Å². The smallest absolute Gasteiger partial charge is 0.326 e. The summed E-state index contributed by atoms with van der Waals surface area (Å²) in [6.45, 7) is 7.95. The predicted molar refractivity (Wildman–Crippen MR) is 149 cm³/mol. The van der Waals surface area contributed by atoms with Crippen molar-refractivity contribution in [1.29, 1.82) is 0 Å². The van der Waals surface area contributed by atoms with Gasteiger partial charge in [-0.1, -0.05) is 55.0 Å². The molecule has 198 valence electrons. The van der Waals surface area contributed by atoms with Gasteiger partial charge < -0.3 is 9.30 Å². The molecule has 3 aromatic carbocycles. The molecule has 0 atom stereocenters. The zero-order chi connectivity index (χ0) is 27.4. The Kier molecular flexibility index (Phi) is 8.13. The number of carbonyl (C=O) groups excluding carboxylic acids is 2. The first-order chi connectivity index (χ1) is 18.1. The first kappa shape index (κ1) is 27.3. The lowest BCUT2D eigenvalue weighted by Gasteiger charge is -2.09. The molecule has 0 aliphatic carbocycles. The third kappa shape index (κ3) is 6.20. The fourth-order valence-corrected chi connectivity index (χ4v) is 5.95. The maximum Gasteiger partial charge on any atom is 0.326 e. The average molecular weight is 552 g/mol. The van der Waals surface area contributed by atoms with E-state index in [0.717, 1.165) is 21.3 Å². The van der Waals surface area contributed by atoms with E-state index in [0.29, 0.717) is 10.7 Å². The number of thiazole rings is 1. The summed E-state index contributed by atoms with van der Waals surface area (Å²) in [4.78, 5) is 30.3. The molecule has 0 radical (unpaired) electrons. The number of esters is 1. The average Bonchev–Trinajstić information content (AvgIpc) is 3.20. The molecule has 0 unspecified atom stereocenters. The summed E-state index contributed by atoms with van der Waals surface area (Å²) in [7, 11) is -3.83. The van der Waals surface area contributed by atoms with E-state index >= 15 is 0 Å². The summed E-state index contributed by atoms with van der Waals surface area (Å²) in [6.07, 6.45) is 0. The number of nitrogens with one attached hydrogen (secondary N) is 1. The van der Waals surface area contributed by atoms with Crippen molar-refractivity contribution in [2.75, 3.05) is 11.3 Å². The monoisotopic (exact) mass is 551 g/mol. The minimum absolute atomic E-state index is 0.0859. The Balaban J connectivity index is 1.70. The molecule has 0 saturated heterocycles. The van der Waals surface area contributed by atoms with Crippen LogP contribution in [0.1, 0.15) is 48.2 Å². The molecule has 38 heavy (non-hydrogen) atoms. The molecule has 0 saturated carbocycles. The zero-order valence-corrected chi connectivity index (χ0v) is 23.2. The minimum Gasteiger partial charge on any atom is -0.465 e. The first-order valence-electron chi connectivity index (χ1n) is 12.1. The van der Waals surface area contributed by atoms with E-state index < -0.39 is 21.9 Å². The molecule has 0 aliphatic rings. The van der Waals surface area contributed by atoms with Crippen molar-refractivity contribution in [1.82, 2.24) is 4.57 Å². The van der Waals surface area contributed by atoms with Crippen LogP contribution in [0.25, 0.3) is 10.2 Å². The lowest BCUT2D eigenvalue weighted by molar-refractivity contribution is -0.143. The number of hydrogen-bond donors (Lipinski definition) is 1. The second-order valence-electron chi connectivity index (χ2n) is 9.07. The van der Waals surface area contributed by atoms with Crippen molar-refractivity contribution >= 4 is 49.1 Å². The molecule has 4 rings (SSSR count). The van der Waals surface area contributed by atoms with Crippen molar-refractivity contribution in [2.24, 2.45) is 4.99 Å². The molecule has 0 aliphatic heterocycles. The van der Waals surface area contributed by atoms with Gasteiger partial charge >= 0.3 is 5.97 Å². The summed E-state index contributed by atoms with van der Waals surface area (Å²) in [6, 6.07) is 18.6. The number of aromatic nitrogens is 1. The van der Waals surface area contributed by atoms with Gasteiger partial charge in [0.2, 0.25) is 0 Å². The van der Waals surface area contributed by atoms with E-state index in [-0.39, 0.29) is 29.3 Å². The Morgan fingerprint density at radius 1 is 1.05 bits per heavy atom. The van der Waals surface area contributed by atoms with Gasteiger partial charge in [-0.25, -0.2) is 8.42 Å². The van der Waals surface area contributed by atoms with Crippen molar-refractivity contribution in [3.05, 3.63) is 88.2 Å². The van der Waals surface area contributed by atoms with Crippen molar-refractivity contribution in [3.63, 3.8) is 0 Å². The van der Waals surface area contributed by atoms with Crippen molar-refractivity contribution < 1.29 is 22.7 Å². The van der Waals surface area contributed by atoms with Crippen LogP contribution in [0.4, 0.5) is 5.69 Å². The van der Waals surface area contributed by atoms with E-state index in [1.54, 1.807) is 41.8 Å². The predicted octanol–water partition coefficient (Wildman–Crippen LogP) is 5.24. The van der Waals surface area contributed by atoms with Crippen LogP contribution < -0.4 is 9.52 Å². The molecule has 1 heterocycles. The molecule has 8 nitrogen and oxygen atoms in total. The second-order valence-corrected chi connectivity index (χ2v) is 11.8. The van der Waals surface area contributed by atoms with Crippen LogP contribution in [-0.4, -0.2) is 31.5 Å². The van der Waals surface area contributed by atoms with Crippen LogP contribution in [0, 0.1) is 6.92 Å². The Morgan fingerprint density at radius 3 is 2.47 bits per heavy atom.